The lowest BCUT2D eigenvalue weighted by Gasteiger charge is -2.12. The van der Waals surface area contributed by atoms with Crippen LogP contribution in [-0.4, -0.2) is 25.8 Å². The second-order valence-electron chi connectivity index (χ2n) is 4.66. The fourth-order valence-corrected chi connectivity index (χ4v) is 1.43. The molecule has 0 radical (unpaired) electrons. The predicted octanol–water partition coefficient (Wildman–Crippen LogP) is 2.99. The fraction of sp³-hybridized carbons (Fsp3) is 0.429. The van der Waals surface area contributed by atoms with Crippen LogP contribution in [0.1, 0.15) is 29.8 Å². The van der Waals surface area contributed by atoms with E-state index < -0.39 is 12.1 Å². The Morgan fingerprint density at radius 1 is 1.32 bits per heavy atom. The van der Waals surface area contributed by atoms with Crippen LogP contribution in [0.5, 0.6) is 0 Å². The molecule has 19 heavy (non-hydrogen) atoms. The lowest BCUT2D eigenvalue weighted by atomic mass is 10.1. The van der Waals surface area contributed by atoms with Crippen LogP contribution in [0.15, 0.2) is 18.2 Å². The number of nitrogens with one attached hydrogen (secondary N) is 1. The van der Waals surface area contributed by atoms with Crippen LogP contribution in [0.3, 0.4) is 0 Å². The first kappa shape index (κ1) is 15.0. The van der Waals surface area contributed by atoms with Crippen molar-refractivity contribution in [3.63, 3.8) is 0 Å². The van der Waals surface area contributed by atoms with Crippen LogP contribution in [0, 0.1) is 12.8 Å². The van der Waals surface area contributed by atoms with E-state index in [1.165, 1.54) is 7.11 Å². The minimum Gasteiger partial charge on any atom is -0.465 e. The molecule has 1 aromatic rings. The summed E-state index contributed by atoms with van der Waals surface area (Å²) in [5.74, 6) is -0.244. The van der Waals surface area contributed by atoms with Crippen molar-refractivity contribution in [2.45, 2.75) is 20.8 Å². The molecule has 0 aliphatic rings. The van der Waals surface area contributed by atoms with Gasteiger partial charge in [0, 0.05) is 0 Å². The van der Waals surface area contributed by atoms with Crippen LogP contribution in [0.25, 0.3) is 0 Å². The van der Waals surface area contributed by atoms with E-state index in [2.05, 4.69) is 10.1 Å². The van der Waals surface area contributed by atoms with E-state index in [0.29, 0.717) is 17.9 Å². The number of esters is 1. The highest BCUT2D eigenvalue weighted by molar-refractivity contribution is 5.99. The molecule has 104 valence electrons. The van der Waals surface area contributed by atoms with Gasteiger partial charge in [-0.2, -0.15) is 0 Å². The molecule has 1 aromatic carbocycles. The van der Waals surface area contributed by atoms with Gasteiger partial charge in [0.1, 0.15) is 0 Å². The number of methoxy groups -OCH3 is 1. The molecular formula is C14H19NO4. The SMILES string of the molecule is COC(=O)c1cc(C)ccc1NC(=O)OCC(C)C. The number of hydrogen-bond donors (Lipinski definition) is 1. The summed E-state index contributed by atoms with van der Waals surface area (Å²) in [6.45, 7) is 6.07. The summed E-state index contributed by atoms with van der Waals surface area (Å²) in [6, 6.07) is 5.10. The van der Waals surface area contributed by atoms with Gasteiger partial charge in [-0.1, -0.05) is 25.5 Å². The molecule has 1 amide bonds. The van der Waals surface area contributed by atoms with Crippen molar-refractivity contribution in [1.29, 1.82) is 0 Å². The normalized spacial score (nSPS) is 10.2. The van der Waals surface area contributed by atoms with E-state index in [4.69, 9.17) is 4.74 Å². The Kier molecular flexibility index (Phi) is 5.36. The monoisotopic (exact) mass is 265 g/mol. The van der Waals surface area contributed by atoms with E-state index in [-0.39, 0.29) is 5.92 Å². The topological polar surface area (TPSA) is 64.6 Å². The summed E-state index contributed by atoms with van der Waals surface area (Å²) in [5, 5.41) is 2.55. The van der Waals surface area contributed by atoms with Gasteiger partial charge in [-0.25, -0.2) is 9.59 Å². The Morgan fingerprint density at radius 2 is 2.00 bits per heavy atom. The minimum atomic E-state index is -0.581. The molecule has 0 fully saturated rings. The maximum absolute atomic E-state index is 11.6. The molecule has 0 aliphatic carbocycles. The Bertz CT molecular complexity index is 469. The fourth-order valence-electron chi connectivity index (χ4n) is 1.43. The molecule has 0 unspecified atom stereocenters. The quantitative estimate of drug-likeness (QED) is 0.850. The zero-order valence-electron chi connectivity index (χ0n) is 11.6. The van der Waals surface area contributed by atoms with Crippen molar-refractivity contribution in [3.05, 3.63) is 29.3 Å². The maximum atomic E-state index is 11.6. The van der Waals surface area contributed by atoms with Gasteiger partial charge in [-0.15, -0.1) is 0 Å². The Hall–Kier alpha value is -2.04. The first-order valence-electron chi connectivity index (χ1n) is 6.06. The molecule has 0 heterocycles. The summed E-state index contributed by atoms with van der Waals surface area (Å²) in [7, 11) is 1.30. The van der Waals surface area contributed by atoms with Crippen LogP contribution in [0.2, 0.25) is 0 Å². The van der Waals surface area contributed by atoms with Gasteiger partial charge >= 0.3 is 12.1 Å². The summed E-state index contributed by atoms with van der Waals surface area (Å²) in [5.41, 5.74) is 1.59. The zero-order valence-corrected chi connectivity index (χ0v) is 11.6. The van der Waals surface area contributed by atoms with Crippen molar-refractivity contribution in [1.82, 2.24) is 0 Å². The largest absolute Gasteiger partial charge is 0.465 e. The number of carbonyl (C=O) groups excluding carboxylic acids is 2. The zero-order chi connectivity index (χ0) is 14.4. The highest BCUT2D eigenvalue weighted by Gasteiger charge is 2.14. The summed E-state index contributed by atoms with van der Waals surface area (Å²) in [6.07, 6.45) is -0.581. The molecule has 0 spiro atoms. The van der Waals surface area contributed by atoms with Crippen LogP contribution in [-0.2, 0) is 9.47 Å². The standard InChI is InChI=1S/C14H19NO4/c1-9(2)8-19-14(17)15-12-6-5-10(3)7-11(12)13(16)18-4/h5-7,9H,8H2,1-4H3,(H,15,17). The molecule has 5 nitrogen and oxygen atoms in total. The number of amides is 1. The number of anilines is 1. The number of ether oxygens (including phenoxy) is 2. The van der Waals surface area contributed by atoms with Crippen molar-refractivity contribution in [2.75, 3.05) is 19.0 Å². The smallest absolute Gasteiger partial charge is 0.411 e. The number of hydrogen-bond acceptors (Lipinski definition) is 4. The molecule has 0 saturated heterocycles. The Balaban J connectivity index is 2.82. The molecule has 0 bridgehead atoms. The van der Waals surface area contributed by atoms with Crippen LogP contribution in [0.4, 0.5) is 10.5 Å². The maximum Gasteiger partial charge on any atom is 0.411 e. The van der Waals surface area contributed by atoms with E-state index >= 15 is 0 Å². The third-order valence-corrected chi connectivity index (χ3v) is 2.36. The van der Waals surface area contributed by atoms with Crippen molar-refractivity contribution >= 4 is 17.7 Å². The molecule has 0 atom stereocenters. The van der Waals surface area contributed by atoms with E-state index in [1.54, 1.807) is 18.2 Å². The van der Waals surface area contributed by atoms with Crippen LogP contribution >= 0.6 is 0 Å². The van der Waals surface area contributed by atoms with E-state index in [9.17, 15) is 9.59 Å². The lowest BCUT2D eigenvalue weighted by molar-refractivity contribution is 0.0602. The van der Waals surface area contributed by atoms with E-state index in [0.717, 1.165) is 5.56 Å². The molecule has 0 saturated carbocycles. The average molecular weight is 265 g/mol. The molecular weight excluding hydrogens is 246 g/mol. The van der Waals surface area contributed by atoms with Gasteiger partial charge in [0.25, 0.3) is 0 Å². The molecule has 0 aromatic heterocycles. The number of benzene rings is 1. The molecule has 1 N–H and O–H groups in total. The second kappa shape index (κ2) is 6.78. The Morgan fingerprint density at radius 3 is 2.58 bits per heavy atom. The average Bonchev–Trinajstić information content (AvgIpc) is 2.37. The number of aryl methyl sites for hydroxylation is 1. The molecule has 1 rings (SSSR count). The molecule has 0 aliphatic heterocycles. The van der Waals surface area contributed by atoms with Gasteiger partial charge in [0.2, 0.25) is 0 Å². The summed E-state index contributed by atoms with van der Waals surface area (Å²) in [4.78, 5) is 23.2. The highest BCUT2D eigenvalue weighted by Crippen LogP contribution is 2.18. The Labute approximate surface area is 112 Å². The number of rotatable bonds is 4. The van der Waals surface area contributed by atoms with Gasteiger partial charge < -0.3 is 9.47 Å². The third-order valence-electron chi connectivity index (χ3n) is 2.36. The van der Waals surface area contributed by atoms with Crippen LogP contribution < -0.4 is 5.32 Å². The summed E-state index contributed by atoms with van der Waals surface area (Å²) < 4.78 is 9.68. The van der Waals surface area contributed by atoms with Gasteiger partial charge in [-0.3, -0.25) is 5.32 Å². The highest BCUT2D eigenvalue weighted by atomic mass is 16.5. The van der Waals surface area contributed by atoms with E-state index in [1.807, 2.05) is 20.8 Å². The first-order valence-corrected chi connectivity index (χ1v) is 6.06. The lowest BCUT2D eigenvalue weighted by Crippen LogP contribution is -2.18. The second-order valence-corrected chi connectivity index (χ2v) is 4.66. The van der Waals surface area contributed by atoms with Gasteiger partial charge in [0.15, 0.2) is 0 Å². The number of carbonyl (C=O) groups is 2. The van der Waals surface area contributed by atoms with Gasteiger partial charge in [-0.05, 0) is 25.0 Å². The first-order chi connectivity index (χ1) is 8.93. The predicted molar refractivity (Wildman–Crippen MR) is 72.3 cm³/mol. The summed E-state index contributed by atoms with van der Waals surface area (Å²) >= 11 is 0. The van der Waals surface area contributed by atoms with Crippen molar-refractivity contribution < 1.29 is 19.1 Å². The molecule has 5 heteroatoms. The van der Waals surface area contributed by atoms with Gasteiger partial charge in [0.05, 0.1) is 25.0 Å². The third kappa shape index (κ3) is 4.62. The van der Waals surface area contributed by atoms with Crippen molar-refractivity contribution in [2.24, 2.45) is 5.92 Å². The minimum absolute atomic E-state index is 0.254. The van der Waals surface area contributed by atoms with Crippen molar-refractivity contribution in [3.8, 4) is 0 Å².